The van der Waals surface area contributed by atoms with Crippen LogP contribution in [0.15, 0.2) is 18.2 Å². The smallest absolute Gasteiger partial charge is 0.123 e. The summed E-state index contributed by atoms with van der Waals surface area (Å²) < 4.78 is 5.49. The van der Waals surface area contributed by atoms with Crippen LogP contribution >= 0.6 is 0 Å². The maximum Gasteiger partial charge on any atom is 0.123 e. The van der Waals surface area contributed by atoms with Crippen molar-refractivity contribution in [2.24, 2.45) is 17.1 Å². The summed E-state index contributed by atoms with van der Waals surface area (Å²) in [6, 6.07) is 6.28. The molecule has 1 aliphatic heterocycles. The molecule has 2 rings (SSSR count). The fraction of sp³-hybridized carbons (Fsp3) is 0.667. The molecule has 0 amide bonds. The van der Waals surface area contributed by atoms with Gasteiger partial charge in [0.25, 0.3) is 0 Å². The molecule has 0 bridgehead atoms. The average Bonchev–Trinajstić information content (AvgIpc) is 2.46. The second kappa shape index (κ2) is 6.80. The molecule has 2 N–H and O–H groups in total. The van der Waals surface area contributed by atoms with Crippen molar-refractivity contribution in [3.63, 3.8) is 0 Å². The van der Waals surface area contributed by atoms with Crippen molar-refractivity contribution in [1.29, 1.82) is 0 Å². The number of piperidine rings is 1. The first-order valence-corrected chi connectivity index (χ1v) is 8.02. The minimum Gasteiger partial charge on any atom is -0.496 e. The van der Waals surface area contributed by atoms with Crippen LogP contribution in [0.3, 0.4) is 0 Å². The molecule has 1 saturated heterocycles. The second-order valence-electron chi connectivity index (χ2n) is 7.27. The summed E-state index contributed by atoms with van der Waals surface area (Å²) in [5.41, 5.74) is 8.62. The molecule has 1 aromatic carbocycles. The Labute approximate surface area is 129 Å². The van der Waals surface area contributed by atoms with Crippen molar-refractivity contribution in [2.75, 3.05) is 20.2 Å². The summed E-state index contributed by atoms with van der Waals surface area (Å²) in [5, 5.41) is 0. The number of ether oxygens (including phenoxy) is 1. The summed E-state index contributed by atoms with van der Waals surface area (Å²) in [6.07, 6.45) is 2.59. The van der Waals surface area contributed by atoms with Gasteiger partial charge in [0, 0.05) is 18.7 Å². The molecule has 0 spiro atoms. The normalized spacial score (nSPS) is 18.0. The lowest BCUT2D eigenvalue weighted by Gasteiger charge is -2.39. The molecular weight excluding hydrogens is 260 g/mol. The summed E-state index contributed by atoms with van der Waals surface area (Å²) in [6.45, 7) is 11.0. The number of likely N-dealkylation sites (tertiary alicyclic amines) is 1. The quantitative estimate of drug-likeness (QED) is 0.923. The largest absolute Gasteiger partial charge is 0.496 e. The second-order valence-corrected chi connectivity index (χ2v) is 7.27. The third-order valence-electron chi connectivity index (χ3n) is 4.79. The van der Waals surface area contributed by atoms with Gasteiger partial charge in [0.2, 0.25) is 0 Å². The first-order valence-electron chi connectivity index (χ1n) is 8.02. The van der Waals surface area contributed by atoms with E-state index in [2.05, 4.69) is 31.7 Å². The zero-order chi connectivity index (χ0) is 15.5. The Bertz CT molecular complexity index is 457. The lowest BCUT2D eigenvalue weighted by atomic mass is 9.75. The van der Waals surface area contributed by atoms with E-state index in [4.69, 9.17) is 10.5 Å². The van der Waals surface area contributed by atoms with Gasteiger partial charge in [0.15, 0.2) is 0 Å². The molecule has 0 radical (unpaired) electrons. The third-order valence-corrected chi connectivity index (χ3v) is 4.79. The molecule has 0 saturated carbocycles. The van der Waals surface area contributed by atoms with Gasteiger partial charge in [0.1, 0.15) is 5.75 Å². The molecule has 21 heavy (non-hydrogen) atoms. The maximum atomic E-state index is 5.76. The molecule has 3 heteroatoms. The molecule has 0 unspecified atom stereocenters. The first kappa shape index (κ1) is 16.3. The van der Waals surface area contributed by atoms with E-state index in [1.165, 1.54) is 37.1 Å². The topological polar surface area (TPSA) is 38.5 Å². The van der Waals surface area contributed by atoms with Crippen LogP contribution < -0.4 is 10.5 Å². The van der Waals surface area contributed by atoms with Gasteiger partial charge >= 0.3 is 0 Å². The van der Waals surface area contributed by atoms with E-state index in [0.717, 1.165) is 18.2 Å². The van der Waals surface area contributed by atoms with Gasteiger partial charge in [0.05, 0.1) is 7.11 Å². The van der Waals surface area contributed by atoms with Gasteiger partial charge in [-0.2, -0.15) is 0 Å². The monoisotopic (exact) mass is 290 g/mol. The van der Waals surface area contributed by atoms with E-state index in [0.29, 0.717) is 12.0 Å². The van der Waals surface area contributed by atoms with Crippen molar-refractivity contribution in [3.8, 4) is 5.75 Å². The Hall–Kier alpha value is -1.06. The number of hydrogen-bond donors (Lipinski definition) is 1. The summed E-state index contributed by atoms with van der Waals surface area (Å²) in [5.74, 6) is 1.82. The van der Waals surface area contributed by atoms with Gasteiger partial charge in [-0.3, -0.25) is 4.90 Å². The molecule has 3 nitrogen and oxygen atoms in total. The standard InChI is InChI=1S/C18H30N2O/c1-18(2,3)16-7-9-20(10-8-16)13-15-11-14(12-19)5-6-17(15)21-4/h5-6,11,16H,7-10,12-13,19H2,1-4H3. The van der Waals surface area contributed by atoms with Crippen molar-refractivity contribution in [2.45, 2.75) is 46.7 Å². The van der Waals surface area contributed by atoms with Crippen LogP contribution in [0.4, 0.5) is 0 Å². The molecule has 0 atom stereocenters. The molecule has 1 aromatic rings. The van der Waals surface area contributed by atoms with Crippen LogP contribution in [0.5, 0.6) is 5.75 Å². The Morgan fingerprint density at radius 2 is 1.90 bits per heavy atom. The zero-order valence-electron chi connectivity index (χ0n) is 14.0. The van der Waals surface area contributed by atoms with E-state index in [-0.39, 0.29) is 0 Å². The highest BCUT2D eigenvalue weighted by Gasteiger charge is 2.28. The Morgan fingerprint density at radius 3 is 2.43 bits per heavy atom. The van der Waals surface area contributed by atoms with Gasteiger partial charge in [-0.15, -0.1) is 0 Å². The van der Waals surface area contributed by atoms with Gasteiger partial charge in [-0.1, -0.05) is 26.8 Å². The maximum absolute atomic E-state index is 5.76. The molecule has 0 aromatic heterocycles. The third kappa shape index (κ3) is 4.21. The van der Waals surface area contributed by atoms with Crippen molar-refractivity contribution in [3.05, 3.63) is 29.3 Å². The fourth-order valence-corrected chi connectivity index (χ4v) is 3.28. The van der Waals surface area contributed by atoms with Crippen LogP contribution in [0.25, 0.3) is 0 Å². The number of nitrogens with two attached hydrogens (primary N) is 1. The summed E-state index contributed by atoms with van der Waals surface area (Å²) >= 11 is 0. The molecule has 118 valence electrons. The van der Waals surface area contributed by atoms with Gasteiger partial charge < -0.3 is 10.5 Å². The first-order chi connectivity index (χ1) is 9.94. The molecular formula is C18H30N2O. The highest BCUT2D eigenvalue weighted by atomic mass is 16.5. The minimum absolute atomic E-state index is 0.434. The predicted octanol–water partition coefficient (Wildman–Crippen LogP) is 3.41. The van der Waals surface area contributed by atoms with E-state index < -0.39 is 0 Å². The van der Waals surface area contributed by atoms with E-state index >= 15 is 0 Å². The molecule has 0 aliphatic carbocycles. The average molecular weight is 290 g/mol. The van der Waals surface area contributed by atoms with Crippen LogP contribution in [0, 0.1) is 11.3 Å². The van der Waals surface area contributed by atoms with Crippen LogP contribution in [0.1, 0.15) is 44.7 Å². The Balaban J connectivity index is 2.00. The summed E-state index contributed by atoms with van der Waals surface area (Å²) in [4.78, 5) is 2.54. The van der Waals surface area contributed by atoms with Crippen LogP contribution in [0.2, 0.25) is 0 Å². The molecule has 1 aliphatic rings. The number of rotatable bonds is 4. The number of hydrogen-bond acceptors (Lipinski definition) is 3. The van der Waals surface area contributed by atoms with Crippen molar-refractivity contribution < 1.29 is 4.74 Å². The van der Waals surface area contributed by atoms with Gasteiger partial charge in [-0.25, -0.2) is 0 Å². The molecule has 1 heterocycles. The Kier molecular flexibility index (Phi) is 5.28. The van der Waals surface area contributed by atoms with E-state index in [1.807, 2.05) is 12.1 Å². The predicted molar refractivity (Wildman–Crippen MR) is 88.3 cm³/mol. The summed E-state index contributed by atoms with van der Waals surface area (Å²) in [7, 11) is 1.74. The fourth-order valence-electron chi connectivity index (χ4n) is 3.28. The number of nitrogens with zero attached hydrogens (tertiary/aromatic N) is 1. The minimum atomic E-state index is 0.434. The number of methoxy groups -OCH3 is 1. The highest BCUT2D eigenvalue weighted by molar-refractivity contribution is 5.37. The van der Waals surface area contributed by atoms with E-state index in [1.54, 1.807) is 7.11 Å². The lowest BCUT2D eigenvalue weighted by Crippen LogP contribution is -2.37. The number of benzene rings is 1. The zero-order valence-corrected chi connectivity index (χ0v) is 14.0. The van der Waals surface area contributed by atoms with Crippen LogP contribution in [-0.2, 0) is 13.1 Å². The van der Waals surface area contributed by atoms with Gasteiger partial charge in [-0.05, 0) is 55.0 Å². The highest BCUT2D eigenvalue weighted by Crippen LogP contribution is 2.35. The van der Waals surface area contributed by atoms with Crippen molar-refractivity contribution in [1.82, 2.24) is 4.90 Å². The SMILES string of the molecule is COc1ccc(CN)cc1CN1CCC(C(C)(C)C)CC1. The van der Waals surface area contributed by atoms with Crippen LogP contribution in [-0.4, -0.2) is 25.1 Å². The van der Waals surface area contributed by atoms with Crippen molar-refractivity contribution >= 4 is 0 Å². The van der Waals surface area contributed by atoms with E-state index in [9.17, 15) is 0 Å². The molecule has 1 fully saturated rings. The Morgan fingerprint density at radius 1 is 1.24 bits per heavy atom. The lowest BCUT2D eigenvalue weighted by molar-refractivity contribution is 0.107.